The molecule has 3 nitrogen and oxygen atoms in total. The van der Waals surface area contributed by atoms with E-state index in [9.17, 15) is 4.79 Å². The van der Waals surface area contributed by atoms with Crippen LogP contribution in [-0.2, 0) is 17.8 Å². The molecule has 0 spiro atoms. The van der Waals surface area contributed by atoms with Crippen molar-refractivity contribution in [3.8, 4) is 0 Å². The molecule has 1 amide bonds. The van der Waals surface area contributed by atoms with Gasteiger partial charge in [0, 0.05) is 46.7 Å². The smallest absolute Gasteiger partial charge is 0.235 e. The van der Waals surface area contributed by atoms with Crippen LogP contribution in [0.5, 0.6) is 0 Å². The highest BCUT2D eigenvalue weighted by Crippen LogP contribution is 2.30. The van der Waals surface area contributed by atoms with Crippen molar-refractivity contribution in [1.82, 2.24) is 9.88 Å². The maximum Gasteiger partial charge on any atom is 0.235 e. The van der Waals surface area contributed by atoms with E-state index in [2.05, 4.69) is 4.98 Å². The molecule has 1 aliphatic heterocycles. The Kier molecular flexibility index (Phi) is 3.69. The van der Waals surface area contributed by atoms with E-state index in [-0.39, 0.29) is 11.2 Å². The average molecular weight is 309 g/mol. The number of hydrogen-bond donors (Lipinski definition) is 1. The molecule has 1 aliphatic rings. The van der Waals surface area contributed by atoms with E-state index in [0.29, 0.717) is 6.54 Å². The van der Waals surface area contributed by atoms with Crippen LogP contribution in [0, 0.1) is 0 Å². The Balaban J connectivity index is 1.96. The lowest BCUT2D eigenvalue weighted by molar-refractivity contribution is -0.131. The molecule has 0 bridgehead atoms. The second-order valence-corrected chi connectivity index (χ2v) is 6.77. The fourth-order valence-electron chi connectivity index (χ4n) is 2.73. The van der Waals surface area contributed by atoms with E-state index in [1.54, 1.807) is 11.8 Å². The predicted molar refractivity (Wildman–Crippen MR) is 85.4 cm³/mol. The largest absolute Gasteiger partial charge is 0.358 e. The summed E-state index contributed by atoms with van der Waals surface area (Å²) in [5, 5.41) is 1.90. The number of aromatic amines is 1. The van der Waals surface area contributed by atoms with Gasteiger partial charge in [0.1, 0.15) is 0 Å². The lowest BCUT2D eigenvalue weighted by Gasteiger charge is -2.29. The molecule has 1 aromatic heterocycles. The monoisotopic (exact) mass is 308 g/mol. The first kappa shape index (κ1) is 13.8. The maximum absolute atomic E-state index is 12.3. The van der Waals surface area contributed by atoms with Gasteiger partial charge in [0.15, 0.2) is 0 Å². The molecular formula is C15H17ClN2OS. The van der Waals surface area contributed by atoms with Gasteiger partial charge < -0.3 is 9.88 Å². The zero-order valence-electron chi connectivity index (χ0n) is 11.6. The molecule has 0 fully saturated rings. The van der Waals surface area contributed by atoms with Crippen molar-refractivity contribution in [3.05, 3.63) is 34.5 Å². The first-order chi connectivity index (χ1) is 9.60. The summed E-state index contributed by atoms with van der Waals surface area (Å²) in [5.74, 6) is 0.222. The van der Waals surface area contributed by atoms with Gasteiger partial charge in [-0.25, -0.2) is 0 Å². The van der Waals surface area contributed by atoms with Gasteiger partial charge in [0.05, 0.1) is 5.25 Å². The Morgan fingerprint density at radius 3 is 3.05 bits per heavy atom. The summed E-state index contributed by atoms with van der Waals surface area (Å²) in [6, 6.07) is 5.88. The summed E-state index contributed by atoms with van der Waals surface area (Å²) in [4.78, 5) is 17.7. The number of hydrogen-bond acceptors (Lipinski definition) is 2. The van der Waals surface area contributed by atoms with Gasteiger partial charge in [0.25, 0.3) is 0 Å². The van der Waals surface area contributed by atoms with Crippen molar-refractivity contribution in [2.75, 3.05) is 12.8 Å². The summed E-state index contributed by atoms with van der Waals surface area (Å²) in [5.41, 5.74) is 3.56. The number of halogens is 1. The fraction of sp³-hybridized carbons (Fsp3) is 0.400. The number of benzene rings is 1. The van der Waals surface area contributed by atoms with Crippen LogP contribution < -0.4 is 0 Å². The maximum atomic E-state index is 12.3. The second-order valence-electron chi connectivity index (χ2n) is 5.16. The first-order valence-electron chi connectivity index (χ1n) is 6.70. The quantitative estimate of drug-likeness (QED) is 0.922. The molecule has 1 aromatic carbocycles. The van der Waals surface area contributed by atoms with Crippen molar-refractivity contribution in [2.45, 2.75) is 25.1 Å². The van der Waals surface area contributed by atoms with Gasteiger partial charge in [-0.3, -0.25) is 4.79 Å². The van der Waals surface area contributed by atoms with Gasteiger partial charge in [-0.1, -0.05) is 11.6 Å². The fourth-order valence-corrected chi connectivity index (χ4v) is 3.26. The van der Waals surface area contributed by atoms with E-state index in [0.717, 1.165) is 28.9 Å². The van der Waals surface area contributed by atoms with Crippen molar-refractivity contribution >= 4 is 40.2 Å². The highest BCUT2D eigenvalue weighted by Gasteiger charge is 2.26. The zero-order valence-corrected chi connectivity index (χ0v) is 13.1. The standard InChI is InChI=1S/C15H17ClN2OS/c1-9(20-2)15(19)18-6-5-14-12(8-18)11-7-10(16)3-4-13(11)17-14/h3-4,7,9,17H,5-6,8H2,1-2H3/t9-/m0/s1. The molecule has 2 aromatic rings. The van der Waals surface area contributed by atoms with Crippen LogP contribution in [0.25, 0.3) is 10.9 Å². The lowest BCUT2D eigenvalue weighted by atomic mass is 10.0. The minimum atomic E-state index is 0.0188. The summed E-state index contributed by atoms with van der Waals surface area (Å²) in [6.45, 7) is 3.44. The predicted octanol–water partition coefficient (Wildman–Crippen LogP) is 3.46. The lowest BCUT2D eigenvalue weighted by Crippen LogP contribution is -2.39. The van der Waals surface area contributed by atoms with Crippen LogP contribution in [-0.4, -0.2) is 33.8 Å². The van der Waals surface area contributed by atoms with Gasteiger partial charge in [-0.05, 0) is 31.4 Å². The normalized spacial score (nSPS) is 16.2. The topological polar surface area (TPSA) is 36.1 Å². The van der Waals surface area contributed by atoms with Crippen molar-refractivity contribution < 1.29 is 4.79 Å². The highest BCUT2D eigenvalue weighted by atomic mass is 35.5. The number of H-pyrrole nitrogens is 1. The number of carbonyl (C=O) groups is 1. The Bertz CT molecular complexity index is 667. The molecule has 3 rings (SSSR count). The average Bonchev–Trinajstić information content (AvgIpc) is 2.82. The van der Waals surface area contributed by atoms with Gasteiger partial charge in [-0.15, -0.1) is 0 Å². The molecule has 106 valence electrons. The number of aromatic nitrogens is 1. The molecule has 5 heteroatoms. The minimum Gasteiger partial charge on any atom is -0.358 e. The summed E-state index contributed by atoms with van der Waals surface area (Å²) in [6.07, 6.45) is 2.86. The second kappa shape index (κ2) is 5.34. The number of nitrogens with one attached hydrogen (secondary N) is 1. The SMILES string of the molecule is CS[C@@H](C)C(=O)N1CCc2[nH]c3ccc(Cl)cc3c2C1. The third-order valence-corrected chi connectivity index (χ3v) is 5.09. The van der Waals surface area contributed by atoms with E-state index in [1.165, 1.54) is 11.3 Å². The van der Waals surface area contributed by atoms with E-state index < -0.39 is 0 Å². The molecule has 0 unspecified atom stereocenters. The molecule has 20 heavy (non-hydrogen) atoms. The Hall–Kier alpha value is -1.13. The molecule has 0 aliphatic carbocycles. The number of amides is 1. The van der Waals surface area contributed by atoms with Crippen LogP contribution in [0.15, 0.2) is 18.2 Å². The number of thioether (sulfide) groups is 1. The molecule has 0 radical (unpaired) electrons. The van der Waals surface area contributed by atoms with Crippen molar-refractivity contribution in [2.24, 2.45) is 0 Å². The van der Waals surface area contributed by atoms with Gasteiger partial charge in [0.2, 0.25) is 5.91 Å². The molecule has 0 saturated heterocycles. The van der Waals surface area contributed by atoms with Gasteiger partial charge >= 0.3 is 0 Å². The molecule has 2 heterocycles. The third kappa shape index (κ3) is 2.31. The van der Waals surface area contributed by atoms with Crippen LogP contribution in [0.1, 0.15) is 18.2 Å². The third-order valence-electron chi connectivity index (χ3n) is 3.95. The molecule has 1 atom stereocenters. The molecule has 1 N–H and O–H groups in total. The molecular weight excluding hydrogens is 292 g/mol. The van der Waals surface area contributed by atoms with Gasteiger partial charge in [-0.2, -0.15) is 11.8 Å². The summed E-state index contributed by atoms with van der Waals surface area (Å²) >= 11 is 7.69. The van der Waals surface area contributed by atoms with Crippen LogP contribution in [0.4, 0.5) is 0 Å². The van der Waals surface area contributed by atoms with Crippen molar-refractivity contribution in [1.29, 1.82) is 0 Å². The minimum absolute atomic E-state index is 0.0188. The first-order valence-corrected chi connectivity index (χ1v) is 8.37. The number of fused-ring (bicyclic) bond motifs is 3. The number of nitrogens with zero attached hydrogens (tertiary/aromatic N) is 1. The Morgan fingerprint density at radius 1 is 1.50 bits per heavy atom. The Labute approximate surface area is 127 Å². The van der Waals surface area contributed by atoms with Crippen LogP contribution >= 0.6 is 23.4 Å². The summed E-state index contributed by atoms with van der Waals surface area (Å²) < 4.78 is 0. The number of rotatable bonds is 2. The van der Waals surface area contributed by atoms with E-state index in [4.69, 9.17) is 11.6 Å². The summed E-state index contributed by atoms with van der Waals surface area (Å²) in [7, 11) is 0. The zero-order chi connectivity index (χ0) is 14.3. The van der Waals surface area contributed by atoms with E-state index in [1.807, 2.05) is 36.3 Å². The number of carbonyl (C=O) groups excluding carboxylic acids is 1. The molecule has 0 saturated carbocycles. The van der Waals surface area contributed by atoms with Crippen LogP contribution in [0.3, 0.4) is 0 Å². The Morgan fingerprint density at radius 2 is 2.30 bits per heavy atom. The van der Waals surface area contributed by atoms with E-state index >= 15 is 0 Å². The highest BCUT2D eigenvalue weighted by molar-refractivity contribution is 7.99. The van der Waals surface area contributed by atoms with Crippen molar-refractivity contribution in [3.63, 3.8) is 0 Å². The van der Waals surface area contributed by atoms with Crippen LogP contribution in [0.2, 0.25) is 5.02 Å².